The fourth-order valence-electron chi connectivity index (χ4n) is 5.45. The molecule has 196 valence electrons. The van der Waals surface area contributed by atoms with Gasteiger partial charge in [0.1, 0.15) is 18.5 Å². The van der Waals surface area contributed by atoms with E-state index in [1.165, 1.54) is 31.3 Å². The lowest BCUT2D eigenvalue weighted by atomic mass is 9.82. The summed E-state index contributed by atoms with van der Waals surface area (Å²) in [6.07, 6.45) is 5.83. The summed E-state index contributed by atoms with van der Waals surface area (Å²) in [7, 11) is 1.53. The number of methoxy groups -OCH3 is 1. The summed E-state index contributed by atoms with van der Waals surface area (Å²) in [6.45, 7) is 4.22. The molecule has 4 rings (SSSR count). The zero-order chi connectivity index (χ0) is 25.5. The SMILES string of the molecule is CCOC(=O)C1CN(c2nc(C3CCCCC3)c3c(c2C#N)CCOC3)CCN1C(=O)OCCOC. The number of amides is 1. The molecule has 2 aliphatic heterocycles. The quantitative estimate of drug-likeness (QED) is 0.412. The summed E-state index contributed by atoms with van der Waals surface area (Å²) in [6, 6.07) is 1.53. The summed E-state index contributed by atoms with van der Waals surface area (Å²) in [4.78, 5) is 34.1. The minimum Gasteiger partial charge on any atom is -0.464 e. The first kappa shape index (κ1) is 26.2. The number of nitriles is 1. The number of fused-ring (bicyclic) bond motifs is 1. The molecule has 1 aromatic heterocycles. The van der Waals surface area contributed by atoms with Gasteiger partial charge in [0.15, 0.2) is 6.04 Å². The molecule has 0 spiro atoms. The summed E-state index contributed by atoms with van der Waals surface area (Å²) < 4.78 is 21.3. The highest BCUT2D eigenvalue weighted by molar-refractivity contribution is 5.83. The molecule has 36 heavy (non-hydrogen) atoms. The molecule has 1 aliphatic carbocycles. The van der Waals surface area contributed by atoms with Crippen LogP contribution in [0.15, 0.2) is 0 Å². The Bertz CT molecular complexity index is 988. The molecule has 0 radical (unpaired) electrons. The highest BCUT2D eigenvalue weighted by Crippen LogP contribution is 2.39. The molecule has 2 fully saturated rings. The van der Waals surface area contributed by atoms with E-state index in [1.54, 1.807) is 6.92 Å². The lowest BCUT2D eigenvalue weighted by Crippen LogP contribution is -2.59. The number of esters is 1. The number of ether oxygens (including phenoxy) is 4. The monoisotopic (exact) mass is 500 g/mol. The molecular formula is C26H36N4O6. The first-order valence-electron chi connectivity index (χ1n) is 13.0. The van der Waals surface area contributed by atoms with Crippen molar-refractivity contribution in [3.8, 4) is 6.07 Å². The van der Waals surface area contributed by atoms with Crippen LogP contribution in [0.5, 0.6) is 0 Å². The Morgan fingerprint density at radius 2 is 1.94 bits per heavy atom. The van der Waals surface area contributed by atoms with Crippen molar-refractivity contribution in [2.45, 2.75) is 64.0 Å². The number of pyridine rings is 1. The number of anilines is 1. The number of hydrogen-bond donors (Lipinski definition) is 0. The molecule has 10 nitrogen and oxygen atoms in total. The molecule has 1 atom stereocenters. The van der Waals surface area contributed by atoms with Gasteiger partial charge in [-0.15, -0.1) is 0 Å². The molecule has 0 bridgehead atoms. The minimum atomic E-state index is -0.861. The van der Waals surface area contributed by atoms with E-state index >= 15 is 0 Å². The van der Waals surface area contributed by atoms with Crippen molar-refractivity contribution in [1.82, 2.24) is 9.88 Å². The molecule has 0 aromatic carbocycles. The third kappa shape index (κ3) is 5.57. The Morgan fingerprint density at radius 1 is 1.14 bits per heavy atom. The molecule has 3 heterocycles. The average Bonchev–Trinajstić information content (AvgIpc) is 2.92. The van der Waals surface area contributed by atoms with Crippen molar-refractivity contribution in [3.05, 3.63) is 22.4 Å². The van der Waals surface area contributed by atoms with Crippen LogP contribution in [0.4, 0.5) is 10.6 Å². The molecule has 0 N–H and O–H groups in total. The molecular weight excluding hydrogens is 464 g/mol. The molecule has 10 heteroatoms. The van der Waals surface area contributed by atoms with Crippen LogP contribution >= 0.6 is 0 Å². The summed E-state index contributed by atoms with van der Waals surface area (Å²) >= 11 is 0. The van der Waals surface area contributed by atoms with Gasteiger partial charge in [-0.2, -0.15) is 5.26 Å². The highest BCUT2D eigenvalue weighted by Gasteiger charge is 2.39. The first-order valence-corrected chi connectivity index (χ1v) is 13.0. The number of hydrogen-bond acceptors (Lipinski definition) is 9. The Balaban J connectivity index is 1.66. The number of carbonyl (C=O) groups is 2. The lowest BCUT2D eigenvalue weighted by molar-refractivity contribution is -0.149. The van der Waals surface area contributed by atoms with E-state index in [9.17, 15) is 14.9 Å². The maximum Gasteiger partial charge on any atom is 0.410 e. The standard InChI is InChI=1S/C26H36N4O6/c1-3-35-25(31)22-16-29(10-11-30(22)26(32)36-14-13-33-2)24-20(15-27)19-9-12-34-17-21(19)23(28-24)18-7-5-4-6-8-18/h18,22H,3-14,16-17H2,1-2H3. The van der Waals surface area contributed by atoms with Gasteiger partial charge < -0.3 is 23.8 Å². The van der Waals surface area contributed by atoms with E-state index in [0.717, 1.165) is 29.7 Å². The second kappa shape index (κ2) is 12.4. The first-order chi connectivity index (χ1) is 17.6. The molecule has 3 aliphatic rings. The van der Waals surface area contributed by atoms with Gasteiger partial charge in [-0.1, -0.05) is 19.3 Å². The van der Waals surface area contributed by atoms with Crippen LogP contribution in [0, 0.1) is 11.3 Å². The predicted molar refractivity (Wildman–Crippen MR) is 131 cm³/mol. The summed E-state index contributed by atoms with van der Waals surface area (Å²) in [5.74, 6) is 0.447. The Kier molecular flexibility index (Phi) is 8.99. The molecule has 1 unspecified atom stereocenters. The van der Waals surface area contributed by atoms with Gasteiger partial charge in [-0.05, 0) is 31.7 Å². The van der Waals surface area contributed by atoms with Crippen molar-refractivity contribution in [3.63, 3.8) is 0 Å². The zero-order valence-electron chi connectivity index (χ0n) is 21.3. The molecule has 1 aromatic rings. The van der Waals surface area contributed by atoms with E-state index < -0.39 is 18.1 Å². The van der Waals surface area contributed by atoms with Crippen LogP contribution in [-0.4, -0.2) is 81.2 Å². The summed E-state index contributed by atoms with van der Waals surface area (Å²) in [5.41, 5.74) is 3.67. The Morgan fingerprint density at radius 3 is 2.67 bits per heavy atom. The van der Waals surface area contributed by atoms with Gasteiger partial charge >= 0.3 is 12.1 Å². The van der Waals surface area contributed by atoms with E-state index in [-0.39, 0.29) is 32.9 Å². The van der Waals surface area contributed by atoms with Crippen molar-refractivity contribution >= 4 is 17.9 Å². The van der Waals surface area contributed by atoms with Crippen molar-refractivity contribution < 1.29 is 28.5 Å². The van der Waals surface area contributed by atoms with E-state index in [2.05, 4.69) is 6.07 Å². The predicted octanol–water partition coefficient (Wildman–Crippen LogP) is 2.91. The fourth-order valence-corrected chi connectivity index (χ4v) is 5.45. The second-order valence-corrected chi connectivity index (χ2v) is 9.42. The third-order valence-corrected chi connectivity index (χ3v) is 7.26. The van der Waals surface area contributed by atoms with E-state index in [1.807, 2.05) is 4.90 Å². The van der Waals surface area contributed by atoms with Crippen LogP contribution in [0.1, 0.15) is 67.3 Å². The maximum absolute atomic E-state index is 12.9. The van der Waals surface area contributed by atoms with Crippen LogP contribution in [0.2, 0.25) is 0 Å². The Labute approximate surface area is 212 Å². The highest BCUT2D eigenvalue weighted by atomic mass is 16.6. The van der Waals surface area contributed by atoms with Gasteiger partial charge in [0, 0.05) is 31.7 Å². The number of aromatic nitrogens is 1. The van der Waals surface area contributed by atoms with Gasteiger partial charge in [-0.3, -0.25) is 4.90 Å². The average molecular weight is 501 g/mol. The fraction of sp³-hybridized carbons (Fsp3) is 0.692. The van der Waals surface area contributed by atoms with Crippen LogP contribution in [0.3, 0.4) is 0 Å². The zero-order valence-corrected chi connectivity index (χ0v) is 21.3. The smallest absolute Gasteiger partial charge is 0.410 e. The lowest BCUT2D eigenvalue weighted by Gasteiger charge is -2.40. The van der Waals surface area contributed by atoms with Crippen LogP contribution < -0.4 is 4.90 Å². The topological polar surface area (TPSA) is 114 Å². The largest absolute Gasteiger partial charge is 0.464 e. The minimum absolute atomic E-state index is 0.100. The van der Waals surface area contributed by atoms with Gasteiger partial charge in [0.2, 0.25) is 0 Å². The Hall–Kier alpha value is -2.90. The van der Waals surface area contributed by atoms with Crippen LogP contribution in [-0.2, 0) is 36.8 Å². The second-order valence-electron chi connectivity index (χ2n) is 9.42. The molecule has 1 saturated heterocycles. The summed E-state index contributed by atoms with van der Waals surface area (Å²) in [5, 5.41) is 10.2. The number of piperazine rings is 1. The number of nitrogens with zero attached hydrogens (tertiary/aromatic N) is 4. The van der Waals surface area contributed by atoms with Crippen molar-refractivity contribution in [2.24, 2.45) is 0 Å². The van der Waals surface area contributed by atoms with Gasteiger partial charge in [0.05, 0.1) is 44.2 Å². The van der Waals surface area contributed by atoms with E-state index in [0.29, 0.717) is 43.5 Å². The van der Waals surface area contributed by atoms with Crippen molar-refractivity contribution in [1.29, 1.82) is 5.26 Å². The van der Waals surface area contributed by atoms with E-state index in [4.69, 9.17) is 23.9 Å². The van der Waals surface area contributed by atoms with Crippen molar-refractivity contribution in [2.75, 3.05) is 58.1 Å². The normalized spacial score (nSPS) is 20.4. The van der Waals surface area contributed by atoms with Crippen LogP contribution in [0.25, 0.3) is 0 Å². The van der Waals surface area contributed by atoms with Gasteiger partial charge in [-0.25, -0.2) is 14.6 Å². The number of carbonyl (C=O) groups excluding carboxylic acids is 2. The third-order valence-electron chi connectivity index (χ3n) is 7.26. The maximum atomic E-state index is 12.9. The molecule has 1 amide bonds. The molecule has 1 saturated carbocycles. The van der Waals surface area contributed by atoms with Gasteiger partial charge in [0.25, 0.3) is 0 Å². The number of rotatable bonds is 7.